The quantitative estimate of drug-likeness (QED) is 0.731. The van der Waals surface area contributed by atoms with Crippen LogP contribution in [0.15, 0.2) is 28.8 Å². The van der Waals surface area contributed by atoms with Gasteiger partial charge in [0.2, 0.25) is 0 Å². The minimum Gasteiger partial charge on any atom is -0.383 e. The summed E-state index contributed by atoms with van der Waals surface area (Å²) in [5, 5.41) is 7.17. The third-order valence-corrected chi connectivity index (χ3v) is 3.96. The lowest BCUT2D eigenvalue weighted by atomic mass is 10.5. The van der Waals surface area contributed by atoms with E-state index in [4.69, 9.17) is 5.73 Å². The van der Waals surface area contributed by atoms with Crippen molar-refractivity contribution in [3.63, 3.8) is 0 Å². The number of rotatable bonds is 4. The summed E-state index contributed by atoms with van der Waals surface area (Å²) in [5.41, 5.74) is 7.65. The van der Waals surface area contributed by atoms with E-state index in [0.717, 1.165) is 4.88 Å². The molecule has 10 heteroatoms. The highest BCUT2D eigenvalue weighted by Gasteiger charge is 2.12. The number of thiazole rings is 1. The Morgan fingerprint density at radius 1 is 1.35 bits per heavy atom. The van der Waals surface area contributed by atoms with E-state index in [1.807, 2.05) is 0 Å². The maximum atomic E-state index is 5.87. The van der Waals surface area contributed by atoms with Gasteiger partial charge in [0, 0.05) is 11.1 Å². The van der Waals surface area contributed by atoms with E-state index >= 15 is 0 Å². The van der Waals surface area contributed by atoms with Gasteiger partial charge in [-0.05, 0) is 15.9 Å². The van der Waals surface area contributed by atoms with Crippen LogP contribution in [0, 0.1) is 0 Å². The Morgan fingerprint density at radius 2 is 2.25 bits per heavy atom. The fourth-order valence-electron chi connectivity index (χ4n) is 1.48. The van der Waals surface area contributed by atoms with Crippen molar-refractivity contribution in [3.8, 4) is 5.95 Å². The van der Waals surface area contributed by atoms with Crippen LogP contribution in [0.1, 0.15) is 4.88 Å². The number of nitrogens with zero attached hydrogens (tertiary/aromatic N) is 6. The number of hydrogen-bond acceptors (Lipinski definition) is 8. The minimum absolute atomic E-state index is 0.331. The molecule has 0 aliphatic heterocycles. The lowest BCUT2D eigenvalue weighted by Crippen LogP contribution is -2.09. The fraction of sp³-hybridized carbons (Fsp3) is 0.100. The van der Waals surface area contributed by atoms with Crippen LogP contribution >= 0.6 is 27.3 Å². The first-order valence-electron chi connectivity index (χ1n) is 5.53. The zero-order valence-corrected chi connectivity index (χ0v) is 12.5. The molecule has 0 fully saturated rings. The standard InChI is InChI=1S/C10H9BrN8S/c11-7-8(12)17-10(19-4-14-3-16-19)18-9(7)15-2-6-1-13-5-20-6/h1,3-5H,2H2,(H3,12,15,17,18). The van der Waals surface area contributed by atoms with Gasteiger partial charge in [0.1, 0.15) is 28.8 Å². The molecule has 3 aromatic rings. The van der Waals surface area contributed by atoms with Gasteiger partial charge >= 0.3 is 0 Å². The molecule has 0 aromatic carbocycles. The summed E-state index contributed by atoms with van der Waals surface area (Å²) in [6, 6.07) is 0. The first kappa shape index (κ1) is 12.9. The zero-order chi connectivity index (χ0) is 13.9. The smallest absolute Gasteiger partial charge is 0.256 e. The largest absolute Gasteiger partial charge is 0.383 e. The predicted octanol–water partition coefficient (Wildman–Crippen LogP) is 1.47. The van der Waals surface area contributed by atoms with Crippen LogP contribution in [0.5, 0.6) is 0 Å². The topological polar surface area (TPSA) is 107 Å². The monoisotopic (exact) mass is 352 g/mol. The van der Waals surface area contributed by atoms with Gasteiger partial charge in [-0.3, -0.25) is 4.98 Å². The van der Waals surface area contributed by atoms with Gasteiger partial charge in [0.15, 0.2) is 0 Å². The lowest BCUT2D eigenvalue weighted by Gasteiger charge is -2.09. The Morgan fingerprint density at radius 3 is 2.95 bits per heavy atom. The van der Waals surface area contributed by atoms with Crippen molar-refractivity contribution in [2.75, 3.05) is 11.1 Å². The summed E-state index contributed by atoms with van der Waals surface area (Å²) >= 11 is 4.93. The van der Waals surface area contributed by atoms with Crippen molar-refractivity contribution in [1.82, 2.24) is 29.7 Å². The Labute approximate surface area is 126 Å². The van der Waals surface area contributed by atoms with Gasteiger partial charge in [0.05, 0.1) is 12.1 Å². The number of hydrogen-bond donors (Lipinski definition) is 2. The van der Waals surface area contributed by atoms with Crippen LogP contribution < -0.4 is 11.1 Å². The van der Waals surface area contributed by atoms with Crippen LogP contribution in [-0.2, 0) is 6.54 Å². The second-order valence-corrected chi connectivity index (χ2v) is 5.50. The summed E-state index contributed by atoms with van der Waals surface area (Å²) in [6.45, 7) is 0.608. The molecule has 0 radical (unpaired) electrons. The summed E-state index contributed by atoms with van der Waals surface area (Å²) in [7, 11) is 0. The average Bonchev–Trinajstić information content (AvgIpc) is 3.12. The maximum Gasteiger partial charge on any atom is 0.256 e. The summed E-state index contributed by atoms with van der Waals surface area (Å²) < 4.78 is 2.06. The van der Waals surface area contributed by atoms with Crippen molar-refractivity contribution in [1.29, 1.82) is 0 Å². The van der Waals surface area contributed by atoms with Crippen molar-refractivity contribution < 1.29 is 0 Å². The van der Waals surface area contributed by atoms with Crippen LogP contribution in [0.3, 0.4) is 0 Å². The van der Waals surface area contributed by atoms with E-state index in [1.54, 1.807) is 23.0 Å². The molecule has 20 heavy (non-hydrogen) atoms. The summed E-state index contributed by atoms with van der Waals surface area (Å²) in [5.74, 6) is 1.28. The van der Waals surface area contributed by atoms with Crippen LogP contribution in [-0.4, -0.2) is 29.7 Å². The highest BCUT2D eigenvalue weighted by Crippen LogP contribution is 2.26. The first-order valence-corrected chi connectivity index (χ1v) is 7.20. The molecule has 0 aliphatic rings. The van der Waals surface area contributed by atoms with Crippen molar-refractivity contribution in [3.05, 3.63) is 33.7 Å². The second kappa shape index (κ2) is 5.51. The van der Waals surface area contributed by atoms with Crippen molar-refractivity contribution in [2.45, 2.75) is 6.54 Å². The predicted molar refractivity (Wildman–Crippen MR) is 78.5 cm³/mol. The minimum atomic E-state index is 0.331. The van der Waals surface area contributed by atoms with E-state index in [0.29, 0.717) is 28.6 Å². The molecule has 0 spiro atoms. The molecular formula is C10H9BrN8S. The number of nitrogens with one attached hydrogen (secondary N) is 1. The van der Waals surface area contributed by atoms with E-state index in [1.165, 1.54) is 17.3 Å². The second-order valence-electron chi connectivity index (χ2n) is 3.73. The number of halogens is 1. The van der Waals surface area contributed by atoms with Crippen molar-refractivity contribution in [2.24, 2.45) is 0 Å². The van der Waals surface area contributed by atoms with Gasteiger partial charge in [-0.2, -0.15) is 19.7 Å². The van der Waals surface area contributed by atoms with Gasteiger partial charge < -0.3 is 11.1 Å². The number of anilines is 2. The van der Waals surface area contributed by atoms with Gasteiger partial charge in [0.25, 0.3) is 5.95 Å². The highest BCUT2D eigenvalue weighted by atomic mass is 79.9. The molecular weight excluding hydrogens is 344 g/mol. The normalized spacial score (nSPS) is 10.7. The van der Waals surface area contributed by atoms with E-state index < -0.39 is 0 Å². The fourth-order valence-corrected chi connectivity index (χ4v) is 2.34. The number of nitrogen functional groups attached to an aromatic ring is 1. The average molecular weight is 353 g/mol. The third-order valence-electron chi connectivity index (χ3n) is 2.40. The van der Waals surface area contributed by atoms with Crippen molar-refractivity contribution >= 4 is 38.9 Å². The molecule has 0 unspecified atom stereocenters. The molecule has 3 aromatic heterocycles. The Balaban J connectivity index is 1.89. The molecule has 0 amide bonds. The Hall–Kier alpha value is -2.07. The molecule has 0 aliphatic carbocycles. The maximum absolute atomic E-state index is 5.87. The van der Waals surface area contributed by atoms with Gasteiger partial charge in [-0.1, -0.05) is 0 Å². The molecule has 0 bridgehead atoms. The molecule has 0 saturated carbocycles. The molecule has 3 N–H and O–H groups in total. The third kappa shape index (κ3) is 2.60. The molecule has 3 heterocycles. The van der Waals surface area contributed by atoms with Crippen LogP contribution in [0.4, 0.5) is 11.6 Å². The van der Waals surface area contributed by atoms with Gasteiger partial charge in [-0.15, -0.1) is 11.3 Å². The van der Waals surface area contributed by atoms with E-state index in [9.17, 15) is 0 Å². The summed E-state index contributed by atoms with van der Waals surface area (Å²) in [6.07, 6.45) is 4.72. The SMILES string of the molecule is Nc1nc(-n2cncn2)nc(NCc2cncs2)c1Br. The molecule has 8 nitrogen and oxygen atoms in total. The van der Waals surface area contributed by atoms with E-state index in [2.05, 4.69) is 46.3 Å². The highest BCUT2D eigenvalue weighted by molar-refractivity contribution is 9.10. The van der Waals surface area contributed by atoms with E-state index in [-0.39, 0.29) is 0 Å². The van der Waals surface area contributed by atoms with Crippen LogP contribution in [0.2, 0.25) is 0 Å². The Bertz CT molecular complexity index is 696. The van der Waals surface area contributed by atoms with Crippen LogP contribution in [0.25, 0.3) is 5.95 Å². The van der Waals surface area contributed by atoms with Gasteiger partial charge in [-0.25, -0.2) is 4.98 Å². The number of aromatic nitrogens is 6. The molecule has 0 atom stereocenters. The number of nitrogens with two attached hydrogens (primary N) is 1. The molecule has 102 valence electrons. The first-order chi connectivity index (χ1) is 9.74. The lowest BCUT2D eigenvalue weighted by molar-refractivity contribution is 0.807. The molecule has 0 saturated heterocycles. The summed E-state index contributed by atoms with van der Waals surface area (Å²) in [4.78, 5) is 17.5. The Kier molecular flexibility index (Phi) is 3.56. The molecule has 3 rings (SSSR count). The zero-order valence-electron chi connectivity index (χ0n) is 10.1.